The Balaban J connectivity index is 0.975. The Bertz CT molecular complexity index is 4270. The predicted molar refractivity (Wildman–Crippen MR) is 289 cm³/mol. The maximum atomic E-state index is 2.50. The van der Waals surface area contributed by atoms with Gasteiger partial charge in [-0.2, -0.15) is 0 Å². The molecule has 312 valence electrons. The molecular weight excluding hydrogens is 829 g/mol. The molecule has 0 bridgehead atoms. The zero-order chi connectivity index (χ0) is 44.0. The van der Waals surface area contributed by atoms with Gasteiger partial charge in [-0.25, -0.2) is 0 Å². The zero-order valence-electron chi connectivity index (χ0n) is 36.4. The van der Waals surface area contributed by atoms with Gasteiger partial charge in [-0.3, -0.25) is 0 Å². The summed E-state index contributed by atoms with van der Waals surface area (Å²) in [6.07, 6.45) is 0. The van der Waals surface area contributed by atoms with Gasteiger partial charge < -0.3 is 9.47 Å². The second-order valence-electron chi connectivity index (χ2n) is 17.7. The van der Waals surface area contributed by atoms with Gasteiger partial charge in [0.1, 0.15) is 0 Å². The van der Waals surface area contributed by atoms with Crippen molar-refractivity contribution in [2.45, 2.75) is 0 Å². The molecule has 2 aromatic heterocycles. The molecule has 0 amide bonds. The molecule has 3 heteroatoms. The number of para-hydroxylation sites is 1. The third-order valence-corrected chi connectivity index (χ3v) is 15.0. The predicted octanol–water partition coefficient (Wildman–Crippen LogP) is 18.6. The van der Waals surface area contributed by atoms with Crippen LogP contribution in [-0.4, -0.2) is 4.57 Å². The highest BCUT2D eigenvalue weighted by atomic mass is 32.1. The van der Waals surface area contributed by atoms with Crippen LogP contribution in [0, 0.1) is 0 Å². The maximum Gasteiger partial charge on any atom is 0.0554 e. The molecule has 0 saturated heterocycles. The normalized spacial score (nSPS) is 11.9. The summed E-state index contributed by atoms with van der Waals surface area (Å²) in [5.41, 5.74) is 11.6. The number of hydrogen-bond acceptors (Lipinski definition) is 2. The molecule has 2 heterocycles. The lowest BCUT2D eigenvalue weighted by Crippen LogP contribution is -2.10. The standard InChI is InChI=1S/C64H40N2S/c1-2-13-41(14-3-1)55-39-50(35-36-51(55)43-29-32-48(33-30-43)66-58-21-10-8-19-53(58)57-37-46-16-4-5-17-47(46)38-60(57)66)65(59-22-12-24-62-64(59)54-20-9-11-23-61(54)67-62)49-34-31-44-26-28-45-27-25-42-15-6-7-18-52(42)63(45)56(44)40-49/h1-40H. The summed E-state index contributed by atoms with van der Waals surface area (Å²) in [4.78, 5) is 2.50. The third-order valence-electron chi connectivity index (χ3n) is 13.9. The van der Waals surface area contributed by atoms with Gasteiger partial charge in [-0.05, 0) is 138 Å². The van der Waals surface area contributed by atoms with Crippen molar-refractivity contribution in [1.82, 2.24) is 4.57 Å². The smallest absolute Gasteiger partial charge is 0.0554 e. The SMILES string of the molecule is c1ccc(-c2cc(N(c3ccc4ccc5ccc6ccccc6c5c4c3)c3cccc4sc5ccccc5c34)ccc2-c2ccc(-n3c4ccccc4c4cc5ccccc5cc43)cc2)cc1. The molecular formula is C64H40N2S. The summed E-state index contributed by atoms with van der Waals surface area (Å²) in [6, 6.07) is 89.7. The van der Waals surface area contributed by atoms with Crippen molar-refractivity contribution in [2.24, 2.45) is 0 Å². The van der Waals surface area contributed by atoms with Crippen LogP contribution in [-0.2, 0) is 0 Å². The molecule has 0 N–H and O–H groups in total. The van der Waals surface area contributed by atoms with Crippen LogP contribution >= 0.6 is 11.3 Å². The van der Waals surface area contributed by atoms with Crippen molar-refractivity contribution in [3.05, 3.63) is 243 Å². The monoisotopic (exact) mass is 868 g/mol. The number of fused-ring (bicyclic) bond motifs is 12. The van der Waals surface area contributed by atoms with Crippen LogP contribution in [0.1, 0.15) is 0 Å². The van der Waals surface area contributed by atoms with Crippen LogP contribution in [0.25, 0.3) is 113 Å². The minimum absolute atomic E-state index is 1.10. The fourth-order valence-electron chi connectivity index (χ4n) is 10.8. The Morgan fingerprint density at radius 2 is 0.925 bits per heavy atom. The first-order valence-electron chi connectivity index (χ1n) is 23.0. The highest BCUT2D eigenvalue weighted by Crippen LogP contribution is 2.48. The van der Waals surface area contributed by atoms with E-state index in [0.29, 0.717) is 0 Å². The molecule has 0 spiro atoms. The van der Waals surface area contributed by atoms with Crippen LogP contribution in [0.15, 0.2) is 243 Å². The number of hydrogen-bond donors (Lipinski definition) is 0. The van der Waals surface area contributed by atoms with Crippen LogP contribution in [0.4, 0.5) is 17.1 Å². The van der Waals surface area contributed by atoms with E-state index < -0.39 is 0 Å². The second-order valence-corrected chi connectivity index (χ2v) is 18.7. The van der Waals surface area contributed by atoms with Gasteiger partial charge in [0, 0.05) is 48.0 Å². The van der Waals surface area contributed by atoms with E-state index in [1.54, 1.807) is 0 Å². The summed E-state index contributed by atoms with van der Waals surface area (Å²) < 4.78 is 4.99. The molecule has 14 rings (SSSR count). The van der Waals surface area contributed by atoms with Gasteiger partial charge in [0.2, 0.25) is 0 Å². The molecule has 67 heavy (non-hydrogen) atoms. The van der Waals surface area contributed by atoms with Gasteiger partial charge in [-0.1, -0.05) is 170 Å². The van der Waals surface area contributed by atoms with Crippen molar-refractivity contribution in [1.29, 1.82) is 0 Å². The van der Waals surface area contributed by atoms with E-state index in [1.165, 1.54) is 107 Å². The Hall–Kier alpha value is -8.50. The number of aromatic nitrogens is 1. The molecule has 0 aliphatic carbocycles. The first-order valence-corrected chi connectivity index (χ1v) is 23.8. The molecule has 0 atom stereocenters. The fraction of sp³-hybridized carbons (Fsp3) is 0. The molecule has 0 radical (unpaired) electrons. The molecule has 0 aliphatic heterocycles. The van der Waals surface area contributed by atoms with Crippen LogP contribution in [0.5, 0.6) is 0 Å². The third kappa shape index (κ3) is 6.02. The van der Waals surface area contributed by atoms with Crippen molar-refractivity contribution in [3.63, 3.8) is 0 Å². The Labute approximate surface area is 391 Å². The maximum absolute atomic E-state index is 2.50. The van der Waals surface area contributed by atoms with E-state index in [2.05, 4.69) is 252 Å². The van der Waals surface area contributed by atoms with Gasteiger partial charge in [-0.15, -0.1) is 11.3 Å². The van der Waals surface area contributed by atoms with E-state index in [-0.39, 0.29) is 0 Å². The Kier molecular flexibility index (Phi) is 8.49. The highest BCUT2D eigenvalue weighted by molar-refractivity contribution is 7.26. The van der Waals surface area contributed by atoms with Crippen LogP contribution in [0.2, 0.25) is 0 Å². The second kappa shape index (κ2) is 15.0. The summed E-state index contributed by atoms with van der Waals surface area (Å²) >= 11 is 1.86. The summed E-state index contributed by atoms with van der Waals surface area (Å²) in [5.74, 6) is 0. The Morgan fingerprint density at radius 3 is 1.76 bits per heavy atom. The number of nitrogens with zero attached hydrogens (tertiary/aromatic N) is 2. The summed E-state index contributed by atoms with van der Waals surface area (Å²) in [5, 5.41) is 15.1. The van der Waals surface area contributed by atoms with E-state index in [0.717, 1.165) is 22.7 Å². The van der Waals surface area contributed by atoms with E-state index >= 15 is 0 Å². The van der Waals surface area contributed by atoms with Crippen molar-refractivity contribution in [2.75, 3.05) is 4.90 Å². The minimum Gasteiger partial charge on any atom is -0.310 e. The van der Waals surface area contributed by atoms with Gasteiger partial charge in [0.15, 0.2) is 0 Å². The topological polar surface area (TPSA) is 8.17 Å². The molecule has 2 nitrogen and oxygen atoms in total. The number of rotatable bonds is 6. The lowest BCUT2D eigenvalue weighted by molar-refractivity contribution is 1.18. The molecule has 12 aromatic carbocycles. The minimum atomic E-state index is 1.10. The number of anilines is 3. The van der Waals surface area contributed by atoms with Crippen LogP contribution in [0.3, 0.4) is 0 Å². The number of thiophene rings is 1. The van der Waals surface area contributed by atoms with Crippen molar-refractivity contribution in [3.8, 4) is 27.9 Å². The number of benzene rings is 12. The van der Waals surface area contributed by atoms with E-state index in [9.17, 15) is 0 Å². The quantitative estimate of drug-likeness (QED) is 0.151. The highest BCUT2D eigenvalue weighted by Gasteiger charge is 2.22. The molecule has 0 aliphatic rings. The largest absolute Gasteiger partial charge is 0.310 e. The molecule has 0 saturated carbocycles. The molecule has 0 unspecified atom stereocenters. The molecule has 14 aromatic rings. The lowest BCUT2D eigenvalue weighted by atomic mass is 9.93. The average Bonchev–Trinajstić information content (AvgIpc) is 3.94. The fourth-order valence-corrected chi connectivity index (χ4v) is 12.0. The van der Waals surface area contributed by atoms with Gasteiger partial charge >= 0.3 is 0 Å². The summed E-state index contributed by atoms with van der Waals surface area (Å²) in [6.45, 7) is 0. The van der Waals surface area contributed by atoms with E-state index in [4.69, 9.17) is 0 Å². The van der Waals surface area contributed by atoms with Gasteiger partial charge in [0.25, 0.3) is 0 Å². The van der Waals surface area contributed by atoms with Crippen LogP contribution < -0.4 is 4.90 Å². The Morgan fingerprint density at radius 1 is 0.313 bits per heavy atom. The summed E-state index contributed by atoms with van der Waals surface area (Å²) in [7, 11) is 0. The zero-order valence-corrected chi connectivity index (χ0v) is 37.2. The first kappa shape index (κ1) is 37.8. The first-order chi connectivity index (χ1) is 33.2. The van der Waals surface area contributed by atoms with Gasteiger partial charge in [0.05, 0.1) is 16.7 Å². The van der Waals surface area contributed by atoms with Crippen molar-refractivity contribution >= 4 is 113 Å². The molecule has 0 fully saturated rings. The van der Waals surface area contributed by atoms with Crippen molar-refractivity contribution < 1.29 is 0 Å². The van der Waals surface area contributed by atoms with E-state index in [1.807, 2.05) is 11.3 Å². The lowest BCUT2D eigenvalue weighted by Gasteiger charge is -2.28. The average molecular weight is 869 g/mol.